The molecule has 5 heteroatoms. The second-order valence-corrected chi connectivity index (χ2v) is 6.07. The summed E-state index contributed by atoms with van der Waals surface area (Å²) in [6.07, 6.45) is 5.53. The maximum atomic E-state index is 11.8. The molecular formula is C14H27N3O2. The standard InChI is InChI=1S/C14H27N3O2/c1-11(2)9-16-13(19)10-17-12(18)8-14(15)6-4-3-5-7-14/h11H,3-10,15H2,1-2H3,(H,16,19)(H,17,18). The Morgan fingerprint density at radius 1 is 1.11 bits per heavy atom. The van der Waals surface area contributed by atoms with Gasteiger partial charge in [-0.1, -0.05) is 33.1 Å². The van der Waals surface area contributed by atoms with Gasteiger partial charge in [-0.15, -0.1) is 0 Å². The van der Waals surface area contributed by atoms with Gasteiger partial charge in [-0.25, -0.2) is 0 Å². The Morgan fingerprint density at radius 2 is 1.74 bits per heavy atom. The molecule has 5 nitrogen and oxygen atoms in total. The van der Waals surface area contributed by atoms with Crippen molar-refractivity contribution < 1.29 is 9.59 Å². The van der Waals surface area contributed by atoms with Gasteiger partial charge in [0.15, 0.2) is 0 Å². The highest BCUT2D eigenvalue weighted by Crippen LogP contribution is 2.28. The zero-order valence-corrected chi connectivity index (χ0v) is 12.1. The van der Waals surface area contributed by atoms with Gasteiger partial charge >= 0.3 is 0 Å². The molecule has 1 saturated carbocycles. The highest BCUT2D eigenvalue weighted by atomic mass is 16.2. The van der Waals surface area contributed by atoms with Crippen LogP contribution in [0.2, 0.25) is 0 Å². The van der Waals surface area contributed by atoms with Crippen LogP contribution >= 0.6 is 0 Å². The van der Waals surface area contributed by atoms with Crippen molar-refractivity contribution in [3.63, 3.8) is 0 Å². The molecule has 1 aliphatic rings. The van der Waals surface area contributed by atoms with Gasteiger partial charge in [-0.3, -0.25) is 9.59 Å². The van der Waals surface area contributed by atoms with Crippen molar-refractivity contribution in [1.29, 1.82) is 0 Å². The average Bonchev–Trinajstić information content (AvgIpc) is 2.34. The number of amides is 2. The maximum absolute atomic E-state index is 11.8. The van der Waals surface area contributed by atoms with Crippen LogP contribution in [0.3, 0.4) is 0 Å². The van der Waals surface area contributed by atoms with Gasteiger partial charge in [0.1, 0.15) is 0 Å². The smallest absolute Gasteiger partial charge is 0.239 e. The minimum absolute atomic E-state index is 0.0433. The van der Waals surface area contributed by atoms with Gasteiger partial charge in [0.05, 0.1) is 6.54 Å². The van der Waals surface area contributed by atoms with Gasteiger partial charge in [0.25, 0.3) is 0 Å². The average molecular weight is 269 g/mol. The summed E-state index contributed by atoms with van der Waals surface area (Å²) in [6, 6.07) is 0. The fourth-order valence-electron chi connectivity index (χ4n) is 2.37. The number of rotatable bonds is 6. The van der Waals surface area contributed by atoms with Crippen LogP contribution in [0.4, 0.5) is 0 Å². The van der Waals surface area contributed by atoms with Crippen molar-refractivity contribution in [2.24, 2.45) is 11.7 Å². The quantitative estimate of drug-likeness (QED) is 0.670. The lowest BCUT2D eigenvalue weighted by Crippen LogP contribution is -2.47. The molecule has 0 unspecified atom stereocenters. The molecule has 1 aliphatic carbocycles. The molecule has 0 atom stereocenters. The van der Waals surface area contributed by atoms with Gasteiger partial charge in [-0.2, -0.15) is 0 Å². The molecule has 0 bridgehead atoms. The summed E-state index contributed by atoms with van der Waals surface area (Å²) in [5.74, 6) is 0.148. The van der Waals surface area contributed by atoms with Crippen molar-refractivity contribution >= 4 is 11.8 Å². The Bertz CT molecular complexity index is 310. The van der Waals surface area contributed by atoms with E-state index in [1.165, 1.54) is 6.42 Å². The Labute approximate surface area is 115 Å². The molecule has 19 heavy (non-hydrogen) atoms. The van der Waals surface area contributed by atoms with Crippen molar-refractivity contribution in [1.82, 2.24) is 10.6 Å². The van der Waals surface area contributed by atoms with E-state index in [9.17, 15) is 9.59 Å². The number of nitrogens with one attached hydrogen (secondary N) is 2. The predicted molar refractivity (Wildman–Crippen MR) is 75.5 cm³/mol. The topological polar surface area (TPSA) is 84.2 Å². The van der Waals surface area contributed by atoms with Gasteiger partial charge in [0, 0.05) is 18.5 Å². The Hall–Kier alpha value is -1.10. The van der Waals surface area contributed by atoms with E-state index in [0.29, 0.717) is 18.9 Å². The highest BCUT2D eigenvalue weighted by Gasteiger charge is 2.29. The minimum Gasteiger partial charge on any atom is -0.354 e. The van der Waals surface area contributed by atoms with Gasteiger partial charge in [-0.05, 0) is 18.8 Å². The summed E-state index contributed by atoms with van der Waals surface area (Å²) in [6.45, 7) is 4.73. The maximum Gasteiger partial charge on any atom is 0.239 e. The van der Waals surface area contributed by atoms with Crippen LogP contribution in [0.15, 0.2) is 0 Å². The molecule has 0 radical (unpaired) electrons. The van der Waals surface area contributed by atoms with Crippen LogP contribution in [0.1, 0.15) is 52.4 Å². The van der Waals surface area contributed by atoms with Crippen LogP contribution in [0.25, 0.3) is 0 Å². The van der Waals surface area contributed by atoms with E-state index >= 15 is 0 Å². The van der Waals surface area contributed by atoms with E-state index in [1.54, 1.807) is 0 Å². The first-order valence-electron chi connectivity index (χ1n) is 7.23. The predicted octanol–water partition coefficient (Wildman–Crippen LogP) is 0.927. The van der Waals surface area contributed by atoms with E-state index in [4.69, 9.17) is 5.73 Å². The van der Waals surface area contributed by atoms with Crippen LogP contribution in [-0.2, 0) is 9.59 Å². The van der Waals surface area contributed by atoms with Crippen molar-refractivity contribution in [3.8, 4) is 0 Å². The summed E-state index contributed by atoms with van der Waals surface area (Å²) in [4.78, 5) is 23.3. The summed E-state index contributed by atoms with van der Waals surface area (Å²) in [5.41, 5.74) is 5.84. The molecule has 110 valence electrons. The third-order valence-electron chi connectivity index (χ3n) is 3.52. The van der Waals surface area contributed by atoms with E-state index in [1.807, 2.05) is 13.8 Å². The summed E-state index contributed by atoms with van der Waals surface area (Å²) in [5, 5.41) is 5.41. The molecular weight excluding hydrogens is 242 g/mol. The fraction of sp³-hybridized carbons (Fsp3) is 0.857. The summed E-state index contributed by atoms with van der Waals surface area (Å²) < 4.78 is 0. The molecule has 0 saturated heterocycles. The first-order chi connectivity index (χ1) is 8.91. The molecule has 0 aromatic rings. The molecule has 0 heterocycles. The number of nitrogens with two attached hydrogens (primary N) is 1. The molecule has 0 aromatic heterocycles. The van der Waals surface area contributed by atoms with Crippen LogP contribution < -0.4 is 16.4 Å². The Morgan fingerprint density at radius 3 is 2.32 bits per heavy atom. The van der Waals surface area contributed by atoms with E-state index in [2.05, 4.69) is 10.6 Å². The number of hydrogen-bond donors (Lipinski definition) is 3. The summed E-state index contributed by atoms with van der Waals surface area (Å²) >= 11 is 0. The fourth-order valence-corrected chi connectivity index (χ4v) is 2.37. The van der Waals surface area contributed by atoms with Crippen molar-refractivity contribution in [3.05, 3.63) is 0 Å². The third-order valence-corrected chi connectivity index (χ3v) is 3.52. The molecule has 1 rings (SSSR count). The van der Waals surface area contributed by atoms with Crippen molar-refractivity contribution in [2.45, 2.75) is 57.9 Å². The number of hydrogen-bond acceptors (Lipinski definition) is 3. The minimum atomic E-state index is -0.364. The third kappa shape index (κ3) is 6.57. The lowest BCUT2D eigenvalue weighted by atomic mass is 9.80. The zero-order valence-electron chi connectivity index (χ0n) is 12.1. The van der Waals surface area contributed by atoms with E-state index in [-0.39, 0.29) is 23.9 Å². The number of carbonyl (C=O) groups is 2. The largest absolute Gasteiger partial charge is 0.354 e. The van der Waals surface area contributed by atoms with Gasteiger partial charge < -0.3 is 16.4 Å². The monoisotopic (exact) mass is 269 g/mol. The van der Waals surface area contributed by atoms with E-state index < -0.39 is 0 Å². The first kappa shape index (κ1) is 16.0. The molecule has 1 fully saturated rings. The molecule has 0 aliphatic heterocycles. The van der Waals surface area contributed by atoms with Crippen LogP contribution in [0.5, 0.6) is 0 Å². The highest BCUT2D eigenvalue weighted by molar-refractivity contribution is 5.85. The normalized spacial score (nSPS) is 18.1. The second kappa shape index (κ2) is 7.48. The second-order valence-electron chi connectivity index (χ2n) is 6.07. The summed E-state index contributed by atoms with van der Waals surface area (Å²) in [7, 11) is 0. The molecule has 0 aromatic carbocycles. The first-order valence-corrected chi connectivity index (χ1v) is 7.23. The molecule has 4 N–H and O–H groups in total. The lowest BCUT2D eigenvalue weighted by Gasteiger charge is -2.32. The SMILES string of the molecule is CC(C)CNC(=O)CNC(=O)CC1(N)CCCCC1. The van der Waals surface area contributed by atoms with E-state index in [0.717, 1.165) is 25.7 Å². The Kier molecular flexibility index (Phi) is 6.28. The van der Waals surface area contributed by atoms with Crippen LogP contribution in [0, 0.1) is 5.92 Å². The lowest BCUT2D eigenvalue weighted by molar-refractivity contribution is -0.127. The number of carbonyl (C=O) groups excluding carboxylic acids is 2. The Balaban J connectivity index is 2.22. The van der Waals surface area contributed by atoms with Crippen molar-refractivity contribution in [2.75, 3.05) is 13.1 Å². The van der Waals surface area contributed by atoms with Gasteiger partial charge in [0.2, 0.25) is 11.8 Å². The molecule has 0 spiro atoms. The zero-order chi connectivity index (χ0) is 14.3. The molecule has 2 amide bonds. The van der Waals surface area contributed by atoms with Crippen LogP contribution in [-0.4, -0.2) is 30.4 Å².